The molecule has 0 aromatic heterocycles. The summed E-state index contributed by atoms with van der Waals surface area (Å²) in [6, 6.07) is 0. The van der Waals surface area contributed by atoms with E-state index in [2.05, 4.69) is 31.0 Å². The van der Waals surface area contributed by atoms with Crippen molar-refractivity contribution in [3.63, 3.8) is 0 Å². The number of rotatable bonds is 5. The van der Waals surface area contributed by atoms with Crippen LogP contribution in [-0.4, -0.2) is 17.3 Å². The molecule has 1 radical (unpaired) electrons. The van der Waals surface area contributed by atoms with Crippen LogP contribution in [0.25, 0.3) is 0 Å². The van der Waals surface area contributed by atoms with E-state index in [1.807, 2.05) is 11.8 Å². The minimum absolute atomic E-state index is 0.958. The second-order valence-corrected chi connectivity index (χ2v) is 3.24. The molecule has 0 aliphatic rings. The highest BCUT2D eigenvalue weighted by Crippen LogP contribution is 2.08. The van der Waals surface area contributed by atoms with Crippen molar-refractivity contribution < 1.29 is 0 Å². The summed E-state index contributed by atoms with van der Waals surface area (Å²) in [5.74, 6) is 5.23. The third-order valence-electron chi connectivity index (χ3n) is 0.574. The lowest BCUT2D eigenvalue weighted by Gasteiger charge is -1.93. The van der Waals surface area contributed by atoms with Gasteiger partial charge < -0.3 is 0 Å². The van der Waals surface area contributed by atoms with E-state index in [0.29, 0.717) is 0 Å². The van der Waals surface area contributed by atoms with Gasteiger partial charge in [0.05, 0.1) is 0 Å². The third-order valence-corrected chi connectivity index (χ3v) is 2.27. The van der Waals surface area contributed by atoms with Gasteiger partial charge in [-0.05, 0) is 17.9 Å². The van der Waals surface area contributed by atoms with Crippen LogP contribution in [0.2, 0.25) is 0 Å². The Morgan fingerprint density at radius 3 is 2.50 bits per heavy atom. The van der Waals surface area contributed by atoms with Gasteiger partial charge in [-0.2, -0.15) is 37.0 Å². The van der Waals surface area contributed by atoms with Crippen LogP contribution in [0.15, 0.2) is 0 Å². The molecule has 0 aromatic rings. The van der Waals surface area contributed by atoms with Gasteiger partial charge in [-0.25, -0.2) is 0 Å². The zero-order valence-electron chi connectivity index (χ0n) is 4.71. The van der Waals surface area contributed by atoms with E-state index in [1.54, 1.807) is 0 Å². The fourth-order valence-electron chi connectivity index (χ4n) is 0.272. The fraction of sp³-hybridized carbons (Fsp3) is 0.800. The summed E-state index contributed by atoms with van der Waals surface area (Å²) in [6.07, 6.45) is 1.10. The zero-order chi connectivity index (χ0) is 6.24. The van der Waals surface area contributed by atoms with Gasteiger partial charge in [-0.15, -0.1) is 0 Å². The normalized spacial score (nSPS) is 9.75. The average Bonchev–Trinajstić information content (AvgIpc) is 1.81. The van der Waals surface area contributed by atoms with Crippen LogP contribution in [0.5, 0.6) is 0 Å². The predicted molar refractivity (Wildman–Crippen MR) is 49.1 cm³/mol. The zero-order valence-corrected chi connectivity index (χ0v) is 7.31. The molecule has 0 heterocycles. The van der Waals surface area contributed by atoms with E-state index < -0.39 is 0 Å². The number of hydrogen-bond donors (Lipinski definition) is 2. The maximum absolute atomic E-state index is 4.06. The van der Waals surface area contributed by atoms with Crippen molar-refractivity contribution in [3.8, 4) is 0 Å². The van der Waals surface area contributed by atoms with Gasteiger partial charge in [0, 0.05) is 11.5 Å². The molecule has 49 valence electrons. The van der Waals surface area contributed by atoms with Crippen molar-refractivity contribution in [1.82, 2.24) is 0 Å². The Kier molecular flexibility index (Phi) is 9.11. The Balaban J connectivity index is 2.53. The lowest BCUT2D eigenvalue weighted by Crippen LogP contribution is -1.79. The van der Waals surface area contributed by atoms with Crippen LogP contribution in [0.4, 0.5) is 0 Å². The first-order valence-corrected chi connectivity index (χ1v) is 4.88. The van der Waals surface area contributed by atoms with E-state index in [-0.39, 0.29) is 0 Å². The first-order chi connectivity index (χ1) is 3.91. The molecule has 3 heteroatoms. The number of hydrogen-bond acceptors (Lipinski definition) is 3. The molecule has 0 aliphatic heterocycles. The van der Waals surface area contributed by atoms with Crippen molar-refractivity contribution >= 4 is 37.0 Å². The average molecular weight is 167 g/mol. The largest absolute Gasteiger partial charge is 0.179 e. The molecule has 0 atom stereocenters. The molecule has 0 unspecified atom stereocenters. The quantitative estimate of drug-likeness (QED) is 0.467. The van der Waals surface area contributed by atoms with Crippen molar-refractivity contribution in [2.75, 3.05) is 17.3 Å². The maximum Gasteiger partial charge on any atom is 0.0174 e. The molecule has 0 fully saturated rings. The third kappa shape index (κ3) is 7.05. The van der Waals surface area contributed by atoms with Gasteiger partial charge in [0.25, 0.3) is 0 Å². The van der Waals surface area contributed by atoms with Crippen molar-refractivity contribution in [2.45, 2.75) is 6.42 Å². The van der Waals surface area contributed by atoms with E-state index >= 15 is 0 Å². The highest BCUT2D eigenvalue weighted by atomic mass is 32.2. The minimum atomic E-state index is 0.958. The van der Waals surface area contributed by atoms with Gasteiger partial charge in [-0.1, -0.05) is 0 Å². The Morgan fingerprint density at radius 2 is 2.00 bits per heavy atom. The Labute approximate surface area is 66.6 Å². The van der Waals surface area contributed by atoms with Crippen LogP contribution >= 0.6 is 37.0 Å². The van der Waals surface area contributed by atoms with Crippen LogP contribution in [0.1, 0.15) is 6.42 Å². The van der Waals surface area contributed by atoms with Crippen molar-refractivity contribution in [2.24, 2.45) is 0 Å². The van der Waals surface area contributed by atoms with Gasteiger partial charge in [-0.3, -0.25) is 0 Å². The van der Waals surface area contributed by atoms with E-state index in [1.165, 1.54) is 0 Å². The molecule has 8 heavy (non-hydrogen) atoms. The molecule has 0 saturated carbocycles. The second-order valence-electron chi connectivity index (χ2n) is 1.27. The van der Waals surface area contributed by atoms with Crippen LogP contribution in [0, 0.1) is 5.75 Å². The molecular formula is C5H11S3. The molecule has 0 aromatic carbocycles. The molecule has 0 bridgehead atoms. The van der Waals surface area contributed by atoms with E-state index in [0.717, 1.165) is 23.7 Å². The highest BCUT2D eigenvalue weighted by Gasteiger charge is 1.84. The monoisotopic (exact) mass is 167 g/mol. The van der Waals surface area contributed by atoms with Gasteiger partial charge in [0.2, 0.25) is 0 Å². The summed E-state index contributed by atoms with van der Waals surface area (Å²) in [5.41, 5.74) is 0. The smallest absolute Gasteiger partial charge is 0.0174 e. The molecule has 0 rings (SSSR count). The maximum atomic E-state index is 4.06. The SMILES string of the molecule is SCC[CH]SCCS. The first kappa shape index (κ1) is 9.05. The Bertz CT molecular complexity index is 32.7. The lowest BCUT2D eigenvalue weighted by molar-refractivity contribution is 1.23. The Morgan fingerprint density at radius 1 is 1.25 bits per heavy atom. The Hall–Kier alpha value is 1.05. The fourth-order valence-corrected chi connectivity index (χ4v) is 1.45. The van der Waals surface area contributed by atoms with Gasteiger partial charge >= 0.3 is 0 Å². The molecule has 0 N–H and O–H groups in total. The topological polar surface area (TPSA) is 0 Å². The predicted octanol–water partition coefficient (Wildman–Crippen LogP) is 2.13. The van der Waals surface area contributed by atoms with Gasteiger partial charge in [0.15, 0.2) is 0 Å². The number of thiol groups is 2. The summed E-state index contributed by atoms with van der Waals surface area (Å²) >= 11 is 9.95. The number of thioether (sulfide) groups is 1. The van der Waals surface area contributed by atoms with Gasteiger partial charge in [0.1, 0.15) is 0 Å². The molecule has 0 saturated heterocycles. The molecule has 0 aliphatic carbocycles. The molecule has 0 nitrogen and oxygen atoms in total. The summed E-state index contributed by atoms with van der Waals surface area (Å²) in [4.78, 5) is 0. The van der Waals surface area contributed by atoms with Crippen LogP contribution < -0.4 is 0 Å². The van der Waals surface area contributed by atoms with Crippen LogP contribution in [0.3, 0.4) is 0 Å². The highest BCUT2D eigenvalue weighted by molar-refractivity contribution is 8.01. The summed E-state index contributed by atoms with van der Waals surface area (Å²) < 4.78 is 0. The summed E-state index contributed by atoms with van der Waals surface area (Å²) in [5, 5.41) is 0. The van der Waals surface area contributed by atoms with E-state index in [4.69, 9.17) is 0 Å². The first-order valence-electron chi connectivity index (χ1n) is 2.57. The standard InChI is InChI=1S/C5H11S3/c6-2-1-4-8-5-3-7/h4,6-7H,1-3,5H2. The second kappa shape index (κ2) is 8.05. The lowest BCUT2D eigenvalue weighted by atomic mass is 10.6. The van der Waals surface area contributed by atoms with Crippen LogP contribution in [-0.2, 0) is 0 Å². The van der Waals surface area contributed by atoms with E-state index in [9.17, 15) is 0 Å². The minimum Gasteiger partial charge on any atom is -0.179 e. The van der Waals surface area contributed by atoms with Crippen molar-refractivity contribution in [3.05, 3.63) is 5.75 Å². The van der Waals surface area contributed by atoms with Crippen molar-refractivity contribution in [1.29, 1.82) is 0 Å². The molecule has 0 amide bonds. The molecular weight excluding hydrogens is 156 g/mol. The summed E-state index contributed by atoms with van der Waals surface area (Å²) in [6.45, 7) is 0. The summed E-state index contributed by atoms with van der Waals surface area (Å²) in [7, 11) is 0. The molecule has 0 spiro atoms.